The van der Waals surface area contributed by atoms with Crippen molar-refractivity contribution in [2.24, 2.45) is 5.92 Å². The molecule has 4 heterocycles. The molecule has 1 atom stereocenters. The van der Waals surface area contributed by atoms with Crippen LogP contribution in [-0.4, -0.2) is 66.8 Å². The molecular weight excluding hydrogens is 528 g/mol. The molecule has 1 saturated heterocycles. The number of anilines is 2. The van der Waals surface area contributed by atoms with Crippen molar-refractivity contribution in [3.05, 3.63) is 59.9 Å². The number of halogens is 4. The van der Waals surface area contributed by atoms with Crippen molar-refractivity contribution in [2.45, 2.75) is 32.0 Å². The summed E-state index contributed by atoms with van der Waals surface area (Å²) in [6.45, 7) is 5.11. The van der Waals surface area contributed by atoms with E-state index < -0.39 is 17.7 Å². The predicted octanol–water partition coefficient (Wildman–Crippen LogP) is 4.93. The number of hydrogen-bond acceptors (Lipinski definition) is 7. The van der Waals surface area contributed by atoms with Gasteiger partial charge in [0.1, 0.15) is 23.4 Å². The van der Waals surface area contributed by atoms with Gasteiger partial charge in [0.25, 0.3) is 0 Å². The lowest BCUT2D eigenvalue weighted by Gasteiger charge is -2.38. The van der Waals surface area contributed by atoms with Crippen LogP contribution < -0.4 is 5.32 Å². The Morgan fingerprint density at radius 3 is 2.58 bits per heavy atom. The zero-order valence-electron chi connectivity index (χ0n) is 21.5. The van der Waals surface area contributed by atoms with Crippen LogP contribution in [0.25, 0.3) is 22.3 Å². The van der Waals surface area contributed by atoms with Gasteiger partial charge in [0.05, 0.1) is 11.2 Å². The molecule has 1 aliphatic carbocycles. The molecule has 1 saturated carbocycles. The Hall–Kier alpha value is -4.13. The van der Waals surface area contributed by atoms with Gasteiger partial charge in [-0.1, -0.05) is 0 Å². The number of rotatable bonds is 6. The topological polar surface area (TPSA) is 103 Å². The summed E-state index contributed by atoms with van der Waals surface area (Å²) < 4.78 is 54.6. The molecule has 0 radical (unpaired) electrons. The molecule has 13 heteroatoms. The van der Waals surface area contributed by atoms with Crippen molar-refractivity contribution in [1.82, 2.24) is 34.7 Å². The lowest BCUT2D eigenvalue weighted by Crippen LogP contribution is -2.49. The normalized spacial score (nSPS) is 17.3. The summed E-state index contributed by atoms with van der Waals surface area (Å²) in [5.74, 6) is 0.455. The monoisotopic (exact) mass is 554 g/mol. The first-order chi connectivity index (χ1) is 19.2. The Kier molecular flexibility index (Phi) is 6.61. The lowest BCUT2D eigenvalue weighted by atomic mass is 10.1. The smallest absolute Gasteiger partial charge is 0.340 e. The number of fused-ring (bicyclic) bond motifs is 1. The minimum atomic E-state index is -4.67. The second-order valence-corrected chi connectivity index (χ2v) is 10.1. The number of imidazole rings is 1. The SMILES string of the molecule is CC(c1ccnc(Nc2nc3ccc(-c4cc(C(F)(F)F)ncn4)c(F)c3[nH]2)c1)N1CCN(C(=O)C2CC2)CC1. The van der Waals surface area contributed by atoms with Crippen molar-refractivity contribution in [3.63, 3.8) is 0 Å². The van der Waals surface area contributed by atoms with Crippen LogP contribution in [0.1, 0.15) is 37.1 Å². The van der Waals surface area contributed by atoms with Gasteiger partial charge in [-0.2, -0.15) is 13.2 Å². The van der Waals surface area contributed by atoms with E-state index in [2.05, 4.69) is 42.1 Å². The third-order valence-electron chi connectivity index (χ3n) is 7.44. The first kappa shape index (κ1) is 26.1. The number of aromatic nitrogens is 5. The number of H-pyrrole nitrogens is 1. The van der Waals surface area contributed by atoms with E-state index in [1.165, 1.54) is 12.1 Å². The second-order valence-electron chi connectivity index (χ2n) is 10.1. The van der Waals surface area contributed by atoms with Gasteiger partial charge in [-0.15, -0.1) is 0 Å². The van der Waals surface area contributed by atoms with Crippen LogP contribution in [-0.2, 0) is 11.0 Å². The number of carbonyl (C=O) groups excluding carboxylic acids is 1. The van der Waals surface area contributed by atoms with Crippen molar-refractivity contribution in [3.8, 4) is 11.3 Å². The Bertz CT molecular complexity index is 1560. The summed E-state index contributed by atoms with van der Waals surface area (Å²) in [4.78, 5) is 35.3. The summed E-state index contributed by atoms with van der Waals surface area (Å²) in [6.07, 6.45) is -0.228. The van der Waals surface area contributed by atoms with E-state index in [1.54, 1.807) is 6.20 Å². The number of carbonyl (C=O) groups is 1. The van der Waals surface area contributed by atoms with Gasteiger partial charge >= 0.3 is 6.18 Å². The highest BCUT2D eigenvalue weighted by Gasteiger charge is 2.35. The van der Waals surface area contributed by atoms with Crippen molar-refractivity contribution in [2.75, 3.05) is 31.5 Å². The molecule has 0 bridgehead atoms. The fraction of sp³-hybridized carbons (Fsp3) is 0.370. The zero-order chi connectivity index (χ0) is 28.0. The van der Waals surface area contributed by atoms with Crippen LogP contribution in [0, 0.1) is 11.7 Å². The average molecular weight is 555 g/mol. The van der Waals surface area contributed by atoms with E-state index in [0.717, 1.165) is 50.9 Å². The van der Waals surface area contributed by atoms with E-state index >= 15 is 4.39 Å². The molecule has 40 heavy (non-hydrogen) atoms. The van der Waals surface area contributed by atoms with Crippen molar-refractivity contribution in [1.29, 1.82) is 0 Å². The maximum atomic E-state index is 15.3. The Labute approximate surface area is 226 Å². The van der Waals surface area contributed by atoms with Gasteiger partial charge < -0.3 is 15.2 Å². The summed E-state index contributed by atoms with van der Waals surface area (Å²) in [6, 6.07) is 7.46. The number of pyridine rings is 1. The van der Waals surface area contributed by atoms with E-state index in [1.807, 2.05) is 17.0 Å². The Morgan fingerprint density at radius 1 is 1.07 bits per heavy atom. The molecule has 1 unspecified atom stereocenters. The second kappa shape index (κ2) is 10.1. The first-order valence-corrected chi connectivity index (χ1v) is 13.0. The summed E-state index contributed by atoms with van der Waals surface area (Å²) >= 11 is 0. The highest BCUT2D eigenvalue weighted by atomic mass is 19.4. The molecule has 3 aromatic heterocycles. The van der Waals surface area contributed by atoms with Crippen LogP contribution >= 0.6 is 0 Å². The number of hydrogen-bond donors (Lipinski definition) is 2. The van der Waals surface area contributed by atoms with Crippen LogP contribution in [0.4, 0.5) is 29.3 Å². The van der Waals surface area contributed by atoms with Crippen LogP contribution in [0.15, 0.2) is 42.9 Å². The van der Waals surface area contributed by atoms with Crippen molar-refractivity contribution < 1.29 is 22.4 Å². The molecule has 2 aliphatic rings. The largest absolute Gasteiger partial charge is 0.433 e. The van der Waals surface area contributed by atoms with E-state index in [0.29, 0.717) is 11.9 Å². The third-order valence-corrected chi connectivity index (χ3v) is 7.44. The van der Waals surface area contributed by atoms with Gasteiger partial charge in [-0.3, -0.25) is 9.69 Å². The summed E-state index contributed by atoms with van der Waals surface area (Å²) in [5, 5.41) is 3.06. The summed E-state index contributed by atoms with van der Waals surface area (Å²) in [7, 11) is 0. The number of nitrogens with one attached hydrogen (secondary N) is 2. The molecule has 9 nitrogen and oxygen atoms in total. The molecule has 6 rings (SSSR count). The molecule has 0 spiro atoms. The van der Waals surface area contributed by atoms with E-state index in [4.69, 9.17) is 0 Å². The minimum absolute atomic E-state index is 0.0234. The van der Waals surface area contributed by atoms with E-state index in [-0.39, 0.29) is 46.1 Å². The fourth-order valence-electron chi connectivity index (χ4n) is 4.99. The molecule has 2 N–H and O–H groups in total. The lowest BCUT2D eigenvalue weighted by molar-refractivity contribution is -0.141. The highest BCUT2D eigenvalue weighted by molar-refractivity contribution is 5.84. The highest BCUT2D eigenvalue weighted by Crippen LogP contribution is 2.34. The maximum Gasteiger partial charge on any atom is 0.433 e. The average Bonchev–Trinajstić information content (AvgIpc) is 3.72. The Balaban J connectivity index is 1.17. The fourth-order valence-corrected chi connectivity index (χ4v) is 4.99. The molecule has 1 amide bonds. The van der Waals surface area contributed by atoms with E-state index in [9.17, 15) is 18.0 Å². The van der Waals surface area contributed by atoms with Crippen molar-refractivity contribution >= 4 is 28.7 Å². The maximum absolute atomic E-state index is 15.3. The van der Waals surface area contributed by atoms with Gasteiger partial charge in [0.15, 0.2) is 5.82 Å². The molecular formula is C27H26F4N8O. The zero-order valence-corrected chi connectivity index (χ0v) is 21.5. The first-order valence-electron chi connectivity index (χ1n) is 13.0. The number of alkyl halides is 3. The van der Waals surface area contributed by atoms with Crippen LogP contribution in [0.5, 0.6) is 0 Å². The molecule has 1 aliphatic heterocycles. The quantitative estimate of drug-likeness (QED) is 0.326. The predicted molar refractivity (Wildman–Crippen MR) is 139 cm³/mol. The number of nitrogens with zero attached hydrogens (tertiary/aromatic N) is 6. The van der Waals surface area contributed by atoms with Gasteiger partial charge in [0, 0.05) is 49.9 Å². The van der Waals surface area contributed by atoms with Gasteiger partial charge in [0.2, 0.25) is 11.9 Å². The minimum Gasteiger partial charge on any atom is -0.340 e. The van der Waals surface area contributed by atoms with Gasteiger partial charge in [-0.25, -0.2) is 24.3 Å². The molecule has 1 aromatic carbocycles. The number of piperazine rings is 1. The van der Waals surface area contributed by atoms with Crippen LogP contribution in [0.2, 0.25) is 0 Å². The standard InChI is InChI=1S/C27H26F4N8O/c1-15(38-8-10-39(11-9-38)25(40)16-2-3-16)17-6-7-32-22(12-17)36-26-35-19-5-4-18(23(28)24(19)37-26)20-13-21(27(29,30)31)34-14-33-20/h4-7,12-16H,2-3,8-11H2,1H3,(H2,32,35,36,37). The molecule has 208 valence electrons. The number of benzene rings is 1. The van der Waals surface area contributed by atoms with Crippen LogP contribution in [0.3, 0.4) is 0 Å². The third kappa shape index (κ3) is 5.20. The molecule has 2 fully saturated rings. The number of aromatic amines is 1. The Morgan fingerprint density at radius 2 is 1.85 bits per heavy atom. The summed E-state index contributed by atoms with van der Waals surface area (Å²) in [5.41, 5.74) is -0.117. The van der Waals surface area contributed by atoms with Gasteiger partial charge in [-0.05, 0) is 55.7 Å². The molecule has 4 aromatic rings. The number of amides is 1.